The molecule has 1 aliphatic rings. The molecule has 0 aromatic heterocycles. The van der Waals surface area contributed by atoms with Crippen LogP contribution in [0.1, 0.15) is 30.0 Å². The summed E-state index contributed by atoms with van der Waals surface area (Å²) in [4.78, 5) is 24.5. The van der Waals surface area contributed by atoms with Gasteiger partial charge >= 0.3 is 5.97 Å². The first-order valence-electron chi connectivity index (χ1n) is 8.34. The van der Waals surface area contributed by atoms with Crippen molar-refractivity contribution < 1.29 is 14.7 Å². The molecule has 1 fully saturated rings. The van der Waals surface area contributed by atoms with Crippen molar-refractivity contribution in [2.45, 2.75) is 30.1 Å². The second-order valence-corrected chi connectivity index (χ2v) is 7.43. The second kappa shape index (κ2) is 7.31. The summed E-state index contributed by atoms with van der Waals surface area (Å²) in [7, 11) is 0. The van der Waals surface area contributed by atoms with Gasteiger partial charge in [-0.1, -0.05) is 60.7 Å². The third-order valence-corrected chi connectivity index (χ3v) is 5.44. The smallest absolute Gasteiger partial charge is 0.330 e. The molecule has 5 heteroatoms. The molecule has 0 bridgehead atoms. The third kappa shape index (κ3) is 4.23. The van der Waals surface area contributed by atoms with Gasteiger partial charge in [0.05, 0.1) is 5.92 Å². The fourth-order valence-electron chi connectivity index (χ4n) is 3.03. The standard InChI is InChI=1S/C20H21NO3S/c22-18(21-17(19(23)24)15-9-5-2-6-10-15)16(20(25)11-12-20)13-14-7-3-1-4-8-14/h1-10,16-17,25H,11-13H2,(H,21,22)(H,23,24)/t16?,17-/m1/s1. The van der Waals surface area contributed by atoms with Crippen LogP contribution < -0.4 is 5.32 Å². The summed E-state index contributed by atoms with van der Waals surface area (Å²) >= 11 is 4.68. The number of carboxylic acids is 1. The Kier molecular flexibility index (Phi) is 5.13. The van der Waals surface area contributed by atoms with Crippen LogP contribution in [0.5, 0.6) is 0 Å². The van der Waals surface area contributed by atoms with Gasteiger partial charge in [-0.25, -0.2) is 4.79 Å². The van der Waals surface area contributed by atoms with Gasteiger partial charge < -0.3 is 10.4 Å². The molecule has 1 amide bonds. The zero-order valence-corrected chi connectivity index (χ0v) is 14.7. The van der Waals surface area contributed by atoms with E-state index in [1.54, 1.807) is 24.3 Å². The Hall–Kier alpha value is -2.27. The maximum atomic E-state index is 12.9. The van der Waals surface area contributed by atoms with Crippen LogP contribution in [-0.4, -0.2) is 21.7 Å². The molecule has 0 radical (unpaired) electrons. The molecule has 3 rings (SSSR count). The molecule has 130 valence electrons. The minimum atomic E-state index is -1.07. The molecule has 2 aromatic carbocycles. The van der Waals surface area contributed by atoms with Crippen molar-refractivity contribution in [3.63, 3.8) is 0 Å². The van der Waals surface area contributed by atoms with Crippen LogP contribution in [-0.2, 0) is 16.0 Å². The number of benzene rings is 2. The summed E-state index contributed by atoms with van der Waals surface area (Å²) < 4.78 is -0.348. The van der Waals surface area contributed by atoms with Gasteiger partial charge in [0.25, 0.3) is 0 Å². The maximum Gasteiger partial charge on any atom is 0.330 e. The van der Waals surface area contributed by atoms with E-state index in [0.717, 1.165) is 18.4 Å². The summed E-state index contributed by atoms with van der Waals surface area (Å²) in [5.41, 5.74) is 1.61. The lowest BCUT2D eigenvalue weighted by Gasteiger charge is -2.25. The van der Waals surface area contributed by atoms with Crippen molar-refractivity contribution in [1.29, 1.82) is 0 Å². The number of rotatable bonds is 7. The number of carboxylic acid groups (broad SMARTS) is 1. The molecule has 0 aliphatic heterocycles. The third-order valence-electron chi connectivity index (χ3n) is 4.68. The quantitative estimate of drug-likeness (QED) is 0.668. The van der Waals surface area contributed by atoms with Crippen molar-refractivity contribution in [2.24, 2.45) is 5.92 Å². The molecule has 2 N–H and O–H groups in total. The summed E-state index contributed by atoms with van der Waals surface area (Å²) in [6.07, 6.45) is 2.28. The largest absolute Gasteiger partial charge is 0.479 e. The Morgan fingerprint density at radius 2 is 1.60 bits per heavy atom. The number of nitrogens with one attached hydrogen (secondary N) is 1. The van der Waals surface area contributed by atoms with Crippen molar-refractivity contribution in [3.05, 3.63) is 71.8 Å². The Morgan fingerprint density at radius 1 is 1.04 bits per heavy atom. The first-order chi connectivity index (χ1) is 12.0. The SMILES string of the molecule is O=C(N[C@@H](C(=O)O)c1ccccc1)C(Cc1ccccc1)C1(S)CC1. The molecular formula is C20H21NO3S. The zero-order valence-electron chi connectivity index (χ0n) is 13.8. The summed E-state index contributed by atoms with van der Waals surface area (Å²) in [6, 6.07) is 17.5. The van der Waals surface area contributed by atoms with Crippen LogP contribution in [0.15, 0.2) is 60.7 Å². The Balaban J connectivity index is 1.79. The molecule has 1 saturated carbocycles. The van der Waals surface area contributed by atoms with Gasteiger partial charge in [-0.3, -0.25) is 4.79 Å². The predicted octanol–water partition coefficient (Wildman–Crippen LogP) is 3.25. The van der Waals surface area contributed by atoms with Gasteiger partial charge in [0.15, 0.2) is 6.04 Å². The van der Waals surface area contributed by atoms with Gasteiger partial charge in [-0.05, 0) is 30.4 Å². The highest BCUT2D eigenvalue weighted by Gasteiger charge is 2.49. The minimum absolute atomic E-state index is 0.257. The first-order valence-corrected chi connectivity index (χ1v) is 8.79. The number of thiol groups is 1. The monoisotopic (exact) mass is 355 g/mol. The van der Waals surface area contributed by atoms with E-state index in [9.17, 15) is 14.7 Å². The van der Waals surface area contributed by atoms with E-state index in [4.69, 9.17) is 0 Å². The van der Waals surface area contributed by atoms with Gasteiger partial charge in [-0.15, -0.1) is 0 Å². The van der Waals surface area contributed by atoms with E-state index in [1.165, 1.54) is 0 Å². The summed E-state index contributed by atoms with van der Waals surface area (Å²) in [5, 5.41) is 12.2. The van der Waals surface area contributed by atoms with Crippen LogP contribution in [0.4, 0.5) is 0 Å². The summed E-state index contributed by atoms with van der Waals surface area (Å²) in [6.45, 7) is 0. The maximum absolute atomic E-state index is 12.9. The molecule has 0 saturated heterocycles. The lowest BCUT2D eigenvalue weighted by atomic mass is 9.92. The molecule has 0 spiro atoms. The van der Waals surface area contributed by atoms with Gasteiger partial charge in [0.2, 0.25) is 5.91 Å². The average Bonchev–Trinajstić information content (AvgIpc) is 3.37. The van der Waals surface area contributed by atoms with E-state index in [1.807, 2.05) is 36.4 Å². The van der Waals surface area contributed by atoms with Crippen molar-refractivity contribution in [2.75, 3.05) is 0 Å². The molecule has 25 heavy (non-hydrogen) atoms. The Bertz CT molecular complexity index is 744. The fourth-order valence-corrected chi connectivity index (χ4v) is 3.35. The van der Waals surface area contributed by atoms with E-state index in [0.29, 0.717) is 12.0 Å². The highest BCUT2D eigenvalue weighted by Crippen LogP contribution is 2.49. The van der Waals surface area contributed by atoms with Gasteiger partial charge in [0.1, 0.15) is 0 Å². The number of carbonyl (C=O) groups is 2. The molecule has 1 aliphatic carbocycles. The van der Waals surface area contributed by atoms with Crippen LogP contribution in [0.25, 0.3) is 0 Å². The number of carbonyl (C=O) groups excluding carboxylic acids is 1. The normalized spacial score (nSPS) is 17.3. The molecule has 2 aromatic rings. The molecular weight excluding hydrogens is 334 g/mol. The Morgan fingerprint density at radius 3 is 2.12 bits per heavy atom. The summed E-state index contributed by atoms with van der Waals surface area (Å²) in [5.74, 6) is -1.68. The lowest BCUT2D eigenvalue weighted by Crippen LogP contribution is -2.42. The molecule has 0 heterocycles. The highest BCUT2D eigenvalue weighted by molar-refractivity contribution is 7.82. The lowest BCUT2D eigenvalue weighted by molar-refractivity contribution is -0.142. The zero-order chi connectivity index (χ0) is 17.9. The van der Waals surface area contributed by atoms with Gasteiger partial charge in [0, 0.05) is 4.75 Å². The van der Waals surface area contributed by atoms with E-state index in [2.05, 4.69) is 17.9 Å². The van der Waals surface area contributed by atoms with Crippen LogP contribution in [0, 0.1) is 5.92 Å². The number of aliphatic carboxylic acids is 1. The highest BCUT2D eigenvalue weighted by atomic mass is 32.1. The molecule has 2 atom stereocenters. The van der Waals surface area contributed by atoms with Crippen LogP contribution in [0.2, 0.25) is 0 Å². The van der Waals surface area contributed by atoms with Crippen LogP contribution >= 0.6 is 12.6 Å². The number of hydrogen-bond donors (Lipinski definition) is 3. The van der Waals surface area contributed by atoms with Gasteiger partial charge in [-0.2, -0.15) is 12.6 Å². The second-order valence-electron chi connectivity index (χ2n) is 6.54. The van der Waals surface area contributed by atoms with Crippen molar-refractivity contribution >= 4 is 24.5 Å². The Labute approximate surface area is 152 Å². The average molecular weight is 355 g/mol. The van der Waals surface area contributed by atoms with Crippen molar-refractivity contribution in [1.82, 2.24) is 5.32 Å². The van der Waals surface area contributed by atoms with Crippen molar-refractivity contribution in [3.8, 4) is 0 Å². The number of amides is 1. The number of hydrogen-bond acceptors (Lipinski definition) is 3. The van der Waals surface area contributed by atoms with E-state index >= 15 is 0 Å². The molecule has 1 unspecified atom stereocenters. The topological polar surface area (TPSA) is 66.4 Å². The van der Waals surface area contributed by atoms with E-state index in [-0.39, 0.29) is 16.6 Å². The van der Waals surface area contributed by atoms with E-state index < -0.39 is 12.0 Å². The van der Waals surface area contributed by atoms with Crippen LogP contribution in [0.3, 0.4) is 0 Å². The minimum Gasteiger partial charge on any atom is -0.479 e. The first kappa shape index (κ1) is 17.5. The molecule has 4 nitrogen and oxygen atoms in total. The predicted molar refractivity (Wildman–Crippen MR) is 99.5 cm³/mol. The fraction of sp³-hybridized carbons (Fsp3) is 0.300.